The van der Waals surface area contributed by atoms with E-state index in [-0.39, 0.29) is 0 Å². The molecular formula is C17H17ClN4O3S. The van der Waals surface area contributed by atoms with Gasteiger partial charge in [-0.3, -0.25) is 10.1 Å². The minimum absolute atomic E-state index is 0.298. The number of nitrogens with zero attached hydrogens (tertiary/aromatic N) is 2. The number of amides is 3. The topological polar surface area (TPSA) is 108 Å². The molecule has 3 amide bonds. The van der Waals surface area contributed by atoms with Crippen LogP contribution in [0.3, 0.4) is 0 Å². The number of carbonyl (C=O) groups excluding carboxylic acids is 2. The van der Waals surface area contributed by atoms with Gasteiger partial charge in [0.2, 0.25) is 5.91 Å². The first-order valence-corrected chi connectivity index (χ1v) is 9.26. The van der Waals surface area contributed by atoms with E-state index < -0.39 is 23.1 Å². The molecule has 2 aliphatic heterocycles. The van der Waals surface area contributed by atoms with Gasteiger partial charge in [0.05, 0.1) is 29.9 Å². The van der Waals surface area contributed by atoms with Gasteiger partial charge in [-0.15, -0.1) is 0 Å². The van der Waals surface area contributed by atoms with E-state index in [9.17, 15) is 14.9 Å². The van der Waals surface area contributed by atoms with Crippen LogP contribution in [0.1, 0.15) is 11.5 Å². The maximum atomic E-state index is 12.7. The third kappa shape index (κ3) is 3.80. The number of morpholine rings is 1. The fourth-order valence-corrected chi connectivity index (χ4v) is 4.23. The molecule has 2 heterocycles. The number of nitrogens with two attached hydrogens (primary N) is 1. The zero-order valence-electron chi connectivity index (χ0n) is 13.8. The Bertz CT molecular complexity index is 784. The van der Waals surface area contributed by atoms with E-state index in [0.717, 1.165) is 17.3 Å². The van der Waals surface area contributed by atoms with E-state index in [4.69, 9.17) is 22.1 Å². The third-order valence-corrected chi connectivity index (χ3v) is 5.74. The number of urea groups is 1. The summed E-state index contributed by atoms with van der Waals surface area (Å²) in [4.78, 5) is 26.5. The van der Waals surface area contributed by atoms with Crippen LogP contribution in [0.2, 0.25) is 5.02 Å². The second kappa shape index (κ2) is 7.99. The van der Waals surface area contributed by atoms with Crippen molar-refractivity contribution < 1.29 is 14.3 Å². The predicted octanol–water partition coefficient (Wildman–Crippen LogP) is 1.80. The summed E-state index contributed by atoms with van der Waals surface area (Å²) in [6.07, 6.45) is 0. The first kappa shape index (κ1) is 18.6. The van der Waals surface area contributed by atoms with Crippen molar-refractivity contribution in [3.8, 4) is 6.07 Å². The molecule has 2 aliphatic rings. The van der Waals surface area contributed by atoms with Gasteiger partial charge < -0.3 is 15.4 Å². The fourth-order valence-electron chi connectivity index (χ4n) is 2.94. The Morgan fingerprint density at radius 1 is 1.31 bits per heavy atom. The Morgan fingerprint density at radius 3 is 2.58 bits per heavy atom. The number of halogens is 1. The largest absolute Gasteiger partial charge is 0.393 e. The summed E-state index contributed by atoms with van der Waals surface area (Å²) in [5, 5.41) is 12.0. The molecule has 136 valence electrons. The Kier molecular flexibility index (Phi) is 5.71. The van der Waals surface area contributed by atoms with Crippen molar-refractivity contribution in [2.45, 2.75) is 11.2 Å². The Hall–Kier alpha value is -2.21. The number of imide groups is 1. The molecule has 2 atom stereocenters. The van der Waals surface area contributed by atoms with Crippen LogP contribution in [0.15, 0.2) is 34.9 Å². The van der Waals surface area contributed by atoms with E-state index >= 15 is 0 Å². The van der Waals surface area contributed by atoms with Crippen LogP contribution in [-0.2, 0) is 9.53 Å². The van der Waals surface area contributed by atoms with Gasteiger partial charge in [-0.05, 0) is 17.7 Å². The zero-order chi connectivity index (χ0) is 18.7. The van der Waals surface area contributed by atoms with Gasteiger partial charge in [0, 0.05) is 24.0 Å². The molecule has 7 nitrogen and oxygen atoms in total. The van der Waals surface area contributed by atoms with Crippen LogP contribution < -0.4 is 11.1 Å². The first-order valence-electron chi connectivity index (χ1n) is 8.00. The minimum Gasteiger partial charge on any atom is -0.393 e. The van der Waals surface area contributed by atoms with Crippen LogP contribution in [0.5, 0.6) is 0 Å². The van der Waals surface area contributed by atoms with Crippen molar-refractivity contribution in [3.05, 3.63) is 45.5 Å². The maximum absolute atomic E-state index is 12.7. The summed E-state index contributed by atoms with van der Waals surface area (Å²) in [5.41, 5.74) is 7.03. The lowest BCUT2D eigenvalue weighted by atomic mass is 9.89. The fraction of sp³-hybridized carbons (Fsp3) is 0.353. The van der Waals surface area contributed by atoms with Gasteiger partial charge in [0.1, 0.15) is 5.25 Å². The van der Waals surface area contributed by atoms with Gasteiger partial charge in [-0.1, -0.05) is 35.5 Å². The van der Waals surface area contributed by atoms with Gasteiger partial charge >= 0.3 is 6.03 Å². The quantitative estimate of drug-likeness (QED) is 0.794. The number of thioether (sulfide) groups is 1. The number of nitriles is 1. The zero-order valence-corrected chi connectivity index (χ0v) is 15.3. The van der Waals surface area contributed by atoms with E-state index in [2.05, 4.69) is 11.4 Å². The maximum Gasteiger partial charge on any atom is 0.324 e. The van der Waals surface area contributed by atoms with Crippen molar-refractivity contribution in [1.82, 2.24) is 10.2 Å². The highest BCUT2D eigenvalue weighted by Crippen LogP contribution is 2.45. The number of ether oxygens (including phenoxy) is 1. The van der Waals surface area contributed by atoms with Crippen molar-refractivity contribution in [3.63, 3.8) is 0 Å². The lowest BCUT2D eigenvalue weighted by Crippen LogP contribution is -2.50. The highest BCUT2D eigenvalue weighted by atomic mass is 35.5. The Labute approximate surface area is 160 Å². The summed E-state index contributed by atoms with van der Waals surface area (Å²) in [6, 6.07) is 8.53. The Balaban J connectivity index is 1.79. The molecule has 0 aliphatic carbocycles. The number of rotatable bonds is 2. The Morgan fingerprint density at radius 2 is 1.96 bits per heavy atom. The predicted molar refractivity (Wildman–Crippen MR) is 98.3 cm³/mol. The summed E-state index contributed by atoms with van der Waals surface area (Å²) in [7, 11) is 0. The molecular weight excluding hydrogens is 376 g/mol. The molecule has 1 aromatic rings. The van der Waals surface area contributed by atoms with E-state index in [1.54, 1.807) is 24.3 Å². The van der Waals surface area contributed by atoms with Crippen LogP contribution in [0.25, 0.3) is 0 Å². The average molecular weight is 393 g/mol. The standard InChI is InChI=1S/C17H17ClN4O3S/c18-11-3-1-10(2-4-11)13-12(9-19)15(20)26-14(13)16(23)21-17(24)22-5-7-25-8-6-22/h1-4,13-14H,5-8,20H2,(H,21,23,24). The van der Waals surface area contributed by atoms with E-state index in [0.29, 0.717) is 41.9 Å². The molecule has 3 rings (SSSR count). The lowest BCUT2D eigenvalue weighted by molar-refractivity contribution is -0.119. The molecule has 0 spiro atoms. The van der Waals surface area contributed by atoms with Gasteiger partial charge in [0.15, 0.2) is 0 Å². The summed E-state index contributed by atoms with van der Waals surface area (Å²) < 4.78 is 5.20. The number of nitrogens with one attached hydrogen (secondary N) is 1. The molecule has 1 fully saturated rings. The molecule has 0 aromatic heterocycles. The molecule has 3 N–H and O–H groups in total. The lowest BCUT2D eigenvalue weighted by Gasteiger charge is -2.27. The molecule has 2 unspecified atom stereocenters. The van der Waals surface area contributed by atoms with E-state index in [1.165, 1.54) is 4.90 Å². The first-order chi connectivity index (χ1) is 12.5. The van der Waals surface area contributed by atoms with Crippen molar-refractivity contribution in [2.75, 3.05) is 26.3 Å². The summed E-state index contributed by atoms with van der Waals surface area (Å²) >= 11 is 7.02. The number of allylic oxidation sites excluding steroid dienone is 1. The molecule has 9 heteroatoms. The van der Waals surface area contributed by atoms with E-state index in [1.807, 2.05) is 0 Å². The summed E-state index contributed by atoms with van der Waals surface area (Å²) in [5.74, 6) is -1.00. The molecule has 0 radical (unpaired) electrons. The molecule has 0 bridgehead atoms. The van der Waals surface area contributed by atoms with Crippen LogP contribution in [0.4, 0.5) is 4.79 Å². The second-order valence-electron chi connectivity index (χ2n) is 5.85. The van der Waals surface area contributed by atoms with Crippen LogP contribution in [-0.4, -0.2) is 48.4 Å². The molecule has 26 heavy (non-hydrogen) atoms. The van der Waals surface area contributed by atoms with Gasteiger partial charge in [-0.2, -0.15) is 5.26 Å². The van der Waals surface area contributed by atoms with Crippen molar-refractivity contribution in [1.29, 1.82) is 5.26 Å². The SMILES string of the molecule is N#CC1=C(N)SC(C(=O)NC(=O)N2CCOCC2)C1c1ccc(Cl)cc1. The normalized spacial score (nSPS) is 22.8. The monoisotopic (exact) mass is 392 g/mol. The van der Waals surface area contributed by atoms with Crippen molar-refractivity contribution in [2.24, 2.45) is 5.73 Å². The van der Waals surface area contributed by atoms with Crippen molar-refractivity contribution >= 4 is 35.3 Å². The summed E-state index contributed by atoms with van der Waals surface area (Å²) in [6.45, 7) is 1.75. The second-order valence-corrected chi connectivity index (χ2v) is 7.47. The molecule has 1 saturated heterocycles. The number of hydrogen-bond acceptors (Lipinski definition) is 6. The highest BCUT2D eigenvalue weighted by molar-refractivity contribution is 8.04. The van der Waals surface area contributed by atoms with Crippen LogP contribution in [0, 0.1) is 11.3 Å². The number of carbonyl (C=O) groups is 2. The molecule has 1 aromatic carbocycles. The van der Waals surface area contributed by atoms with Gasteiger partial charge in [-0.25, -0.2) is 4.79 Å². The highest BCUT2D eigenvalue weighted by Gasteiger charge is 2.41. The van der Waals surface area contributed by atoms with Crippen LogP contribution >= 0.6 is 23.4 Å². The minimum atomic E-state index is -0.698. The number of hydrogen-bond donors (Lipinski definition) is 2. The van der Waals surface area contributed by atoms with Gasteiger partial charge in [0.25, 0.3) is 0 Å². The average Bonchev–Trinajstić information content (AvgIpc) is 2.99. The molecule has 0 saturated carbocycles. The number of benzene rings is 1. The smallest absolute Gasteiger partial charge is 0.324 e. The third-order valence-electron chi connectivity index (χ3n) is 4.27.